The number of rotatable bonds is 2. The third-order valence-electron chi connectivity index (χ3n) is 3.99. The number of benzene rings is 1. The zero-order valence-electron chi connectivity index (χ0n) is 10.3. The Morgan fingerprint density at radius 2 is 2.11 bits per heavy atom. The molecule has 3 rings (SSSR count). The zero-order valence-corrected chi connectivity index (χ0v) is 10.3. The lowest BCUT2D eigenvalue weighted by Gasteiger charge is -2.38. The zero-order chi connectivity index (χ0) is 12.5. The highest BCUT2D eigenvalue weighted by molar-refractivity contribution is 5.77. The molecule has 1 atom stereocenters. The maximum Gasteiger partial charge on any atom is 0.150 e. The van der Waals surface area contributed by atoms with Crippen LogP contribution >= 0.6 is 0 Å². The fraction of sp³-hybridized carbons (Fsp3) is 0.500. The van der Waals surface area contributed by atoms with Crippen molar-refractivity contribution in [2.24, 2.45) is 0 Å². The summed E-state index contributed by atoms with van der Waals surface area (Å²) in [6.45, 7) is 4.10. The molecule has 0 bridgehead atoms. The molecule has 2 saturated heterocycles. The lowest BCUT2D eigenvalue weighted by atomic mass is 10.1. The van der Waals surface area contributed by atoms with E-state index in [0.29, 0.717) is 17.9 Å². The first-order chi connectivity index (χ1) is 8.76. The number of hydrogen-bond acceptors (Lipinski definition) is 3. The van der Waals surface area contributed by atoms with Crippen molar-refractivity contribution in [2.45, 2.75) is 18.9 Å². The van der Waals surface area contributed by atoms with Crippen LogP contribution in [0.4, 0.5) is 10.1 Å². The first-order valence-corrected chi connectivity index (χ1v) is 6.51. The van der Waals surface area contributed by atoms with Crippen LogP contribution in [-0.4, -0.2) is 43.4 Å². The van der Waals surface area contributed by atoms with Crippen molar-refractivity contribution in [2.75, 3.05) is 31.1 Å². The molecule has 2 aliphatic rings. The van der Waals surface area contributed by atoms with E-state index in [9.17, 15) is 9.18 Å². The predicted octanol–water partition coefficient (Wildman–Crippen LogP) is 1.92. The summed E-state index contributed by atoms with van der Waals surface area (Å²) in [4.78, 5) is 15.5. The Hall–Kier alpha value is -1.42. The SMILES string of the molecule is O=Cc1cc(F)cc(N2CCN3CCCC3C2)c1. The first-order valence-electron chi connectivity index (χ1n) is 6.51. The molecule has 1 aromatic carbocycles. The van der Waals surface area contributed by atoms with Gasteiger partial charge < -0.3 is 4.90 Å². The molecule has 0 aromatic heterocycles. The molecule has 0 radical (unpaired) electrons. The number of carbonyl (C=O) groups excluding carboxylic acids is 1. The summed E-state index contributed by atoms with van der Waals surface area (Å²) in [6, 6.07) is 5.18. The Bertz CT molecular complexity index is 463. The van der Waals surface area contributed by atoms with Gasteiger partial charge in [0.1, 0.15) is 12.1 Å². The van der Waals surface area contributed by atoms with Crippen molar-refractivity contribution in [3.05, 3.63) is 29.6 Å². The minimum absolute atomic E-state index is 0.330. The first kappa shape index (κ1) is 11.7. The second-order valence-electron chi connectivity index (χ2n) is 5.14. The van der Waals surface area contributed by atoms with E-state index in [-0.39, 0.29) is 5.82 Å². The van der Waals surface area contributed by atoms with E-state index in [1.807, 2.05) is 0 Å². The van der Waals surface area contributed by atoms with E-state index in [1.165, 1.54) is 31.5 Å². The smallest absolute Gasteiger partial charge is 0.150 e. The molecular formula is C14H17FN2O. The van der Waals surface area contributed by atoms with Crippen molar-refractivity contribution in [3.8, 4) is 0 Å². The van der Waals surface area contributed by atoms with Crippen LogP contribution in [-0.2, 0) is 0 Å². The number of piperazine rings is 1. The van der Waals surface area contributed by atoms with Crippen LogP contribution < -0.4 is 4.90 Å². The number of carbonyl (C=O) groups is 1. The molecule has 96 valence electrons. The molecule has 1 unspecified atom stereocenters. The van der Waals surface area contributed by atoms with Gasteiger partial charge in [-0.25, -0.2) is 4.39 Å². The Labute approximate surface area is 106 Å². The molecular weight excluding hydrogens is 231 g/mol. The third-order valence-corrected chi connectivity index (χ3v) is 3.99. The van der Waals surface area contributed by atoms with Crippen LogP contribution in [0, 0.1) is 5.82 Å². The van der Waals surface area contributed by atoms with E-state index >= 15 is 0 Å². The molecule has 2 fully saturated rings. The van der Waals surface area contributed by atoms with E-state index < -0.39 is 0 Å². The largest absolute Gasteiger partial charge is 0.369 e. The van der Waals surface area contributed by atoms with Gasteiger partial charge >= 0.3 is 0 Å². The Balaban J connectivity index is 1.82. The average molecular weight is 248 g/mol. The highest BCUT2D eigenvalue weighted by Gasteiger charge is 2.30. The summed E-state index contributed by atoms with van der Waals surface area (Å²) >= 11 is 0. The Morgan fingerprint density at radius 1 is 1.22 bits per heavy atom. The summed E-state index contributed by atoms with van der Waals surface area (Å²) in [6.07, 6.45) is 3.20. The lowest BCUT2D eigenvalue weighted by Crippen LogP contribution is -2.50. The van der Waals surface area contributed by atoms with Gasteiger partial charge in [-0.1, -0.05) is 0 Å². The molecule has 2 aliphatic heterocycles. The van der Waals surface area contributed by atoms with Gasteiger partial charge in [0.05, 0.1) is 0 Å². The van der Waals surface area contributed by atoms with E-state index in [2.05, 4.69) is 9.80 Å². The van der Waals surface area contributed by atoms with Crippen LogP contribution in [0.5, 0.6) is 0 Å². The quantitative estimate of drug-likeness (QED) is 0.747. The number of halogens is 1. The molecule has 18 heavy (non-hydrogen) atoms. The van der Waals surface area contributed by atoms with Crippen molar-refractivity contribution in [1.82, 2.24) is 4.90 Å². The molecule has 2 heterocycles. The highest BCUT2D eigenvalue weighted by Crippen LogP contribution is 2.26. The van der Waals surface area contributed by atoms with Gasteiger partial charge in [0, 0.05) is 36.9 Å². The maximum absolute atomic E-state index is 13.4. The lowest BCUT2D eigenvalue weighted by molar-refractivity contribution is 0.112. The topological polar surface area (TPSA) is 23.6 Å². The van der Waals surface area contributed by atoms with Crippen LogP contribution in [0.2, 0.25) is 0 Å². The fourth-order valence-corrected chi connectivity index (χ4v) is 3.07. The number of fused-ring (bicyclic) bond motifs is 1. The van der Waals surface area contributed by atoms with Crippen molar-refractivity contribution in [1.29, 1.82) is 0 Å². The van der Waals surface area contributed by atoms with Gasteiger partial charge in [-0.15, -0.1) is 0 Å². The van der Waals surface area contributed by atoms with E-state index in [4.69, 9.17) is 0 Å². The van der Waals surface area contributed by atoms with Crippen molar-refractivity contribution < 1.29 is 9.18 Å². The predicted molar refractivity (Wildman–Crippen MR) is 68.6 cm³/mol. The Kier molecular flexibility index (Phi) is 3.04. The summed E-state index contributed by atoms with van der Waals surface area (Å²) in [5.74, 6) is -0.330. The number of nitrogens with zero attached hydrogens (tertiary/aromatic N) is 2. The molecule has 1 aromatic rings. The van der Waals surface area contributed by atoms with Gasteiger partial charge in [0.25, 0.3) is 0 Å². The summed E-state index contributed by atoms with van der Waals surface area (Å²) < 4.78 is 13.4. The van der Waals surface area contributed by atoms with Crippen LogP contribution in [0.3, 0.4) is 0 Å². The normalized spacial score (nSPS) is 24.1. The molecule has 0 saturated carbocycles. The monoisotopic (exact) mass is 248 g/mol. The molecule has 0 N–H and O–H groups in total. The summed E-state index contributed by atoms with van der Waals surface area (Å²) in [5.41, 5.74) is 1.25. The third kappa shape index (κ3) is 2.12. The van der Waals surface area contributed by atoms with Crippen LogP contribution in [0.1, 0.15) is 23.2 Å². The van der Waals surface area contributed by atoms with E-state index in [1.54, 1.807) is 6.07 Å². The minimum atomic E-state index is -0.330. The number of hydrogen-bond donors (Lipinski definition) is 0. The van der Waals surface area contributed by atoms with Gasteiger partial charge in [0.2, 0.25) is 0 Å². The maximum atomic E-state index is 13.4. The van der Waals surface area contributed by atoms with Crippen LogP contribution in [0.15, 0.2) is 18.2 Å². The van der Waals surface area contributed by atoms with Crippen LogP contribution in [0.25, 0.3) is 0 Å². The minimum Gasteiger partial charge on any atom is -0.369 e. The molecule has 3 nitrogen and oxygen atoms in total. The van der Waals surface area contributed by atoms with Gasteiger partial charge in [0.15, 0.2) is 0 Å². The number of aldehydes is 1. The van der Waals surface area contributed by atoms with Crippen molar-refractivity contribution in [3.63, 3.8) is 0 Å². The summed E-state index contributed by atoms with van der Waals surface area (Å²) in [7, 11) is 0. The number of anilines is 1. The van der Waals surface area contributed by atoms with Gasteiger partial charge in [-0.2, -0.15) is 0 Å². The van der Waals surface area contributed by atoms with E-state index in [0.717, 1.165) is 25.3 Å². The molecule has 0 spiro atoms. The van der Waals surface area contributed by atoms with Crippen molar-refractivity contribution >= 4 is 12.0 Å². The van der Waals surface area contributed by atoms with Gasteiger partial charge in [-0.05, 0) is 37.6 Å². The average Bonchev–Trinajstić information content (AvgIpc) is 2.85. The molecule has 0 aliphatic carbocycles. The second-order valence-corrected chi connectivity index (χ2v) is 5.14. The standard InChI is InChI=1S/C14H17FN2O/c15-12-6-11(10-18)7-14(8-12)17-5-4-16-3-1-2-13(16)9-17/h6-8,10,13H,1-5,9H2. The highest BCUT2D eigenvalue weighted by atomic mass is 19.1. The Morgan fingerprint density at radius 3 is 2.94 bits per heavy atom. The summed E-state index contributed by atoms with van der Waals surface area (Å²) in [5, 5.41) is 0. The van der Waals surface area contributed by atoms with Gasteiger partial charge in [-0.3, -0.25) is 9.69 Å². The second kappa shape index (κ2) is 4.69. The fourth-order valence-electron chi connectivity index (χ4n) is 3.07. The molecule has 4 heteroatoms. The molecule has 0 amide bonds.